The number of nitrogens with zero attached hydrogens (tertiary/aromatic N) is 1. The lowest BCUT2D eigenvalue weighted by Gasteiger charge is -2.13. The Bertz CT molecular complexity index is 898. The van der Waals surface area contributed by atoms with Gasteiger partial charge in [-0.3, -0.25) is 14.6 Å². The number of amides is 1. The van der Waals surface area contributed by atoms with Crippen LogP contribution in [0.2, 0.25) is 0 Å². The third kappa shape index (κ3) is 1.81. The molecule has 0 radical (unpaired) electrons. The second kappa shape index (κ2) is 4.77. The predicted molar refractivity (Wildman–Crippen MR) is 82.7 cm³/mol. The topological polar surface area (TPSA) is 59.1 Å². The van der Waals surface area contributed by atoms with Gasteiger partial charge in [0.25, 0.3) is 5.91 Å². The van der Waals surface area contributed by atoms with E-state index in [0.717, 1.165) is 16.3 Å². The number of aromatic nitrogens is 1. The van der Waals surface area contributed by atoms with Crippen LogP contribution in [-0.2, 0) is 0 Å². The van der Waals surface area contributed by atoms with E-state index < -0.39 is 6.04 Å². The number of Topliss-reactive ketones (excluding diaryl/α,β-unsaturated/α-hetero) is 1. The second-order valence-corrected chi connectivity index (χ2v) is 5.26. The third-order valence-electron chi connectivity index (χ3n) is 3.99. The molecular weight excluding hydrogens is 276 g/mol. The Kier molecular flexibility index (Phi) is 2.76. The van der Waals surface area contributed by atoms with Gasteiger partial charge in [-0.25, -0.2) is 0 Å². The summed E-state index contributed by atoms with van der Waals surface area (Å²) in [4.78, 5) is 28.8. The number of rotatable bonds is 2. The van der Waals surface area contributed by atoms with Crippen LogP contribution < -0.4 is 5.32 Å². The Morgan fingerprint density at radius 2 is 1.73 bits per heavy atom. The monoisotopic (exact) mass is 288 g/mol. The molecule has 1 heterocycles. The fourth-order valence-electron chi connectivity index (χ4n) is 2.97. The molecule has 4 heteroatoms. The summed E-state index contributed by atoms with van der Waals surface area (Å²) >= 11 is 0. The van der Waals surface area contributed by atoms with E-state index in [1.54, 1.807) is 24.5 Å². The predicted octanol–water partition coefficient (Wildman–Crippen LogP) is 2.90. The van der Waals surface area contributed by atoms with E-state index in [1.807, 2.05) is 36.4 Å². The van der Waals surface area contributed by atoms with Crippen molar-refractivity contribution >= 4 is 22.5 Å². The van der Waals surface area contributed by atoms with Crippen molar-refractivity contribution in [1.82, 2.24) is 10.3 Å². The number of pyridine rings is 1. The number of ketones is 1. The summed E-state index contributed by atoms with van der Waals surface area (Å²) in [5.41, 5.74) is 2.03. The Hall–Kier alpha value is -3.01. The number of hydrogen-bond donors (Lipinski definition) is 1. The Labute approximate surface area is 126 Å². The average Bonchev–Trinajstić information content (AvgIpc) is 2.84. The fraction of sp³-hybridized carbons (Fsp3) is 0.0556. The molecule has 4 rings (SSSR count). The van der Waals surface area contributed by atoms with Gasteiger partial charge in [0.05, 0.1) is 0 Å². The molecule has 0 aliphatic heterocycles. The lowest BCUT2D eigenvalue weighted by atomic mass is 10.0. The molecule has 1 unspecified atom stereocenters. The van der Waals surface area contributed by atoms with Crippen molar-refractivity contribution in [2.24, 2.45) is 0 Å². The third-order valence-corrected chi connectivity index (χ3v) is 3.99. The van der Waals surface area contributed by atoms with Crippen LogP contribution in [0.4, 0.5) is 0 Å². The molecule has 1 aliphatic carbocycles. The molecule has 4 nitrogen and oxygen atoms in total. The van der Waals surface area contributed by atoms with Gasteiger partial charge in [-0.15, -0.1) is 0 Å². The van der Waals surface area contributed by atoms with Gasteiger partial charge in [0.15, 0.2) is 5.78 Å². The highest BCUT2D eigenvalue weighted by atomic mass is 16.2. The molecule has 1 aliphatic rings. The first kappa shape index (κ1) is 12.7. The minimum absolute atomic E-state index is 0.0609. The maximum absolute atomic E-state index is 12.6. The molecule has 0 bridgehead atoms. The number of hydrogen-bond acceptors (Lipinski definition) is 3. The van der Waals surface area contributed by atoms with Crippen molar-refractivity contribution < 1.29 is 9.59 Å². The highest BCUT2D eigenvalue weighted by Gasteiger charge is 2.33. The van der Waals surface area contributed by atoms with Crippen LogP contribution in [0.25, 0.3) is 10.8 Å². The van der Waals surface area contributed by atoms with Gasteiger partial charge in [0.2, 0.25) is 0 Å². The van der Waals surface area contributed by atoms with E-state index in [9.17, 15) is 9.59 Å². The highest BCUT2D eigenvalue weighted by molar-refractivity contribution is 6.19. The summed E-state index contributed by atoms with van der Waals surface area (Å²) in [5, 5.41) is 4.79. The molecule has 1 aromatic heterocycles. The molecule has 0 fully saturated rings. The van der Waals surface area contributed by atoms with Crippen LogP contribution in [0.5, 0.6) is 0 Å². The van der Waals surface area contributed by atoms with Gasteiger partial charge in [-0.1, -0.05) is 36.4 Å². The van der Waals surface area contributed by atoms with E-state index in [-0.39, 0.29) is 11.7 Å². The largest absolute Gasteiger partial charge is 0.338 e. The molecule has 1 atom stereocenters. The van der Waals surface area contributed by atoms with Crippen LogP contribution in [0.15, 0.2) is 60.9 Å². The smallest absolute Gasteiger partial charge is 0.252 e. The van der Waals surface area contributed by atoms with Gasteiger partial charge in [0, 0.05) is 23.5 Å². The van der Waals surface area contributed by atoms with Crippen molar-refractivity contribution in [3.8, 4) is 0 Å². The van der Waals surface area contributed by atoms with Crippen molar-refractivity contribution in [2.45, 2.75) is 6.04 Å². The maximum atomic E-state index is 12.6. The SMILES string of the molecule is O=C(NC1C(=O)c2cccc3cccc1c23)c1ccncc1. The molecule has 0 spiro atoms. The van der Waals surface area contributed by atoms with E-state index in [2.05, 4.69) is 10.3 Å². The van der Waals surface area contributed by atoms with Gasteiger partial charge < -0.3 is 5.32 Å². The minimum atomic E-state index is -0.623. The Morgan fingerprint density at radius 1 is 1.00 bits per heavy atom. The van der Waals surface area contributed by atoms with Gasteiger partial charge in [0.1, 0.15) is 6.04 Å². The Morgan fingerprint density at radius 3 is 2.50 bits per heavy atom. The number of carbonyl (C=O) groups is 2. The van der Waals surface area contributed by atoms with Crippen molar-refractivity contribution in [2.75, 3.05) is 0 Å². The number of carbonyl (C=O) groups excluding carboxylic acids is 2. The van der Waals surface area contributed by atoms with E-state index in [0.29, 0.717) is 11.1 Å². The zero-order valence-electron chi connectivity index (χ0n) is 11.6. The van der Waals surface area contributed by atoms with Crippen LogP contribution >= 0.6 is 0 Å². The zero-order valence-corrected chi connectivity index (χ0v) is 11.6. The number of nitrogens with one attached hydrogen (secondary N) is 1. The minimum Gasteiger partial charge on any atom is -0.338 e. The maximum Gasteiger partial charge on any atom is 0.252 e. The average molecular weight is 288 g/mol. The molecular formula is C18H12N2O2. The molecule has 0 saturated carbocycles. The van der Waals surface area contributed by atoms with E-state index in [4.69, 9.17) is 0 Å². The quantitative estimate of drug-likeness (QED) is 0.788. The summed E-state index contributed by atoms with van der Waals surface area (Å²) in [6.45, 7) is 0. The molecule has 22 heavy (non-hydrogen) atoms. The number of benzene rings is 2. The van der Waals surface area contributed by atoms with E-state index in [1.165, 1.54) is 0 Å². The Balaban J connectivity index is 1.75. The van der Waals surface area contributed by atoms with Crippen molar-refractivity contribution in [3.05, 3.63) is 77.6 Å². The molecule has 106 valence electrons. The first-order chi connectivity index (χ1) is 10.8. The summed E-state index contributed by atoms with van der Waals surface area (Å²) in [6.07, 6.45) is 3.11. The first-order valence-corrected chi connectivity index (χ1v) is 7.02. The summed E-state index contributed by atoms with van der Waals surface area (Å²) in [5.74, 6) is -0.334. The van der Waals surface area contributed by atoms with Crippen LogP contribution in [0.3, 0.4) is 0 Å². The fourth-order valence-corrected chi connectivity index (χ4v) is 2.97. The first-order valence-electron chi connectivity index (χ1n) is 7.02. The molecule has 1 N–H and O–H groups in total. The normalized spacial score (nSPS) is 16.0. The summed E-state index contributed by atoms with van der Waals surface area (Å²) in [6, 6.07) is 14.1. The van der Waals surface area contributed by atoms with Crippen molar-refractivity contribution in [1.29, 1.82) is 0 Å². The molecule has 1 amide bonds. The van der Waals surface area contributed by atoms with Crippen molar-refractivity contribution in [3.63, 3.8) is 0 Å². The van der Waals surface area contributed by atoms with Gasteiger partial charge >= 0.3 is 0 Å². The lowest BCUT2D eigenvalue weighted by molar-refractivity contribution is 0.0863. The highest BCUT2D eigenvalue weighted by Crippen LogP contribution is 2.36. The van der Waals surface area contributed by atoms with Gasteiger partial charge in [-0.05, 0) is 28.5 Å². The second-order valence-electron chi connectivity index (χ2n) is 5.26. The van der Waals surface area contributed by atoms with Crippen LogP contribution in [0.1, 0.15) is 32.3 Å². The van der Waals surface area contributed by atoms with E-state index >= 15 is 0 Å². The summed E-state index contributed by atoms with van der Waals surface area (Å²) in [7, 11) is 0. The van der Waals surface area contributed by atoms with Crippen LogP contribution in [-0.4, -0.2) is 16.7 Å². The molecule has 2 aromatic carbocycles. The van der Waals surface area contributed by atoms with Gasteiger partial charge in [-0.2, -0.15) is 0 Å². The standard InChI is InChI=1S/C18H12N2O2/c21-17-14-6-2-4-11-3-1-5-13(15(11)14)16(17)20-18(22)12-7-9-19-10-8-12/h1-10,16H,(H,20,22). The molecule has 0 saturated heterocycles. The summed E-state index contributed by atoms with van der Waals surface area (Å²) < 4.78 is 0. The molecule has 3 aromatic rings. The van der Waals surface area contributed by atoms with Crippen LogP contribution in [0, 0.1) is 0 Å². The lowest BCUT2D eigenvalue weighted by Crippen LogP contribution is -2.31. The zero-order chi connectivity index (χ0) is 15.1.